The molecule has 0 rings (SSSR count). The Bertz CT molecular complexity index is 200. The van der Waals surface area contributed by atoms with Gasteiger partial charge in [-0.25, -0.2) is 0 Å². The predicted octanol–water partition coefficient (Wildman–Crippen LogP) is 4.71. The van der Waals surface area contributed by atoms with E-state index in [4.69, 9.17) is 0 Å². The Morgan fingerprint density at radius 3 is 1.10 bits per heavy atom. The minimum absolute atomic E-state index is 0.570. The Balaban J connectivity index is 4.64. The van der Waals surface area contributed by atoms with Crippen LogP contribution >= 0.6 is 7.71 Å². The molecule has 0 amide bonds. The van der Waals surface area contributed by atoms with Gasteiger partial charge in [0.15, 0.2) is 0 Å². The lowest BCUT2D eigenvalue weighted by molar-refractivity contribution is 0.545. The number of hydrogen-bond donors (Lipinski definition) is 3. The van der Waals surface area contributed by atoms with Gasteiger partial charge < -0.3 is 0 Å². The highest BCUT2D eigenvalue weighted by atomic mass is 31.2. The first kappa shape index (κ1) is 20.3. The van der Waals surface area contributed by atoms with Crippen molar-refractivity contribution < 1.29 is 0 Å². The Labute approximate surface area is 128 Å². The molecule has 0 bridgehead atoms. The van der Waals surface area contributed by atoms with Crippen LogP contribution in [0.3, 0.4) is 0 Å². The molecule has 0 aromatic rings. The molecule has 4 heteroatoms. The second kappa shape index (κ2) is 11.0. The van der Waals surface area contributed by atoms with Crippen LogP contribution in [0.1, 0.15) is 80.1 Å². The molecule has 0 spiro atoms. The van der Waals surface area contributed by atoms with Gasteiger partial charge >= 0.3 is 0 Å². The van der Waals surface area contributed by atoms with Crippen LogP contribution < -0.4 is 15.3 Å². The zero-order chi connectivity index (χ0) is 15.6. The fourth-order valence-electron chi connectivity index (χ4n) is 2.93. The summed E-state index contributed by atoms with van der Waals surface area (Å²) in [6.45, 7) is 16.1. The zero-order valence-electron chi connectivity index (χ0n) is 14.9. The molecule has 3 atom stereocenters. The summed E-state index contributed by atoms with van der Waals surface area (Å²) in [6.07, 6.45) is 7.44. The van der Waals surface area contributed by atoms with Crippen LogP contribution in [0, 0.1) is 0 Å². The van der Waals surface area contributed by atoms with Crippen molar-refractivity contribution in [3.05, 3.63) is 0 Å². The van der Waals surface area contributed by atoms with E-state index in [0.29, 0.717) is 18.1 Å². The lowest BCUT2D eigenvalue weighted by Gasteiger charge is -2.32. The van der Waals surface area contributed by atoms with Crippen LogP contribution in [0.5, 0.6) is 0 Å². The van der Waals surface area contributed by atoms with Crippen molar-refractivity contribution in [1.82, 2.24) is 15.3 Å². The fraction of sp³-hybridized carbons (Fsp3) is 1.00. The highest BCUT2D eigenvalue weighted by Gasteiger charge is 2.36. The van der Waals surface area contributed by atoms with E-state index in [2.05, 4.69) is 63.5 Å². The number of hydrogen-bond acceptors (Lipinski definition) is 3. The van der Waals surface area contributed by atoms with E-state index in [9.17, 15) is 0 Å². The minimum Gasteiger partial charge on any atom is -0.159 e. The highest BCUT2D eigenvalue weighted by molar-refractivity contribution is 7.69. The molecule has 0 fully saturated rings. The van der Waals surface area contributed by atoms with Crippen LogP contribution in [0.4, 0.5) is 0 Å². The van der Waals surface area contributed by atoms with E-state index >= 15 is 0 Å². The van der Waals surface area contributed by atoms with Gasteiger partial charge in [0.25, 0.3) is 0 Å². The van der Waals surface area contributed by atoms with Gasteiger partial charge in [0.1, 0.15) is 0 Å². The van der Waals surface area contributed by atoms with E-state index in [1.54, 1.807) is 0 Å². The molecule has 3 nitrogen and oxygen atoms in total. The average Bonchev–Trinajstić information content (AvgIpc) is 2.28. The van der Waals surface area contributed by atoms with Gasteiger partial charge in [-0.05, 0) is 40.0 Å². The Morgan fingerprint density at radius 2 is 0.900 bits per heavy atom. The Hall–Kier alpha value is 0.310. The van der Waals surface area contributed by atoms with Crippen LogP contribution in [0.15, 0.2) is 0 Å². The summed E-state index contributed by atoms with van der Waals surface area (Å²) in [5.41, 5.74) is 0. The van der Waals surface area contributed by atoms with Crippen molar-refractivity contribution in [3.8, 4) is 0 Å². The number of nitrogens with one attached hydrogen (secondary N) is 3. The molecule has 20 heavy (non-hydrogen) atoms. The first-order chi connectivity index (χ1) is 9.36. The predicted molar refractivity (Wildman–Crippen MR) is 95.4 cm³/mol. The maximum absolute atomic E-state index is 3.86. The topological polar surface area (TPSA) is 36.1 Å². The summed E-state index contributed by atoms with van der Waals surface area (Å²) >= 11 is 0. The lowest BCUT2D eigenvalue weighted by atomic mass is 10.2. The Morgan fingerprint density at radius 1 is 0.650 bits per heavy atom. The second-order valence-electron chi connectivity index (χ2n) is 6.46. The monoisotopic (exact) mass is 304 g/mol. The van der Waals surface area contributed by atoms with Crippen LogP contribution in [-0.4, -0.2) is 24.8 Å². The minimum atomic E-state index is -1.48. The van der Waals surface area contributed by atoms with Gasteiger partial charge in [0, 0.05) is 18.1 Å². The third-order valence-electron chi connectivity index (χ3n) is 3.60. The molecule has 122 valence electrons. The standard InChI is InChI=1S/C16H39N3P/c1-8-11-14(4)17-20(7,18-15(5)12-9-2)19-16(6)13-10-3/h14-19H,8-13H2,1-7H3/q+1. The molecule has 0 aliphatic heterocycles. The molecule has 0 aliphatic rings. The van der Waals surface area contributed by atoms with Crippen molar-refractivity contribution in [1.29, 1.82) is 0 Å². The van der Waals surface area contributed by atoms with Crippen LogP contribution in [0.2, 0.25) is 0 Å². The fourth-order valence-corrected chi connectivity index (χ4v) is 6.18. The first-order valence-electron chi connectivity index (χ1n) is 8.56. The Kier molecular flexibility index (Phi) is 11.1. The smallest absolute Gasteiger partial charge is 0.159 e. The van der Waals surface area contributed by atoms with Gasteiger partial charge in [-0.3, -0.25) is 0 Å². The lowest BCUT2D eigenvalue weighted by Crippen LogP contribution is -2.46. The summed E-state index contributed by atoms with van der Waals surface area (Å²) < 4.78 is 0. The van der Waals surface area contributed by atoms with Gasteiger partial charge in [-0.1, -0.05) is 40.0 Å². The van der Waals surface area contributed by atoms with E-state index < -0.39 is 7.71 Å². The summed E-state index contributed by atoms with van der Waals surface area (Å²) in [5, 5.41) is 11.6. The van der Waals surface area contributed by atoms with E-state index in [1.165, 1.54) is 38.5 Å². The van der Waals surface area contributed by atoms with E-state index in [-0.39, 0.29) is 0 Å². The van der Waals surface area contributed by atoms with Crippen molar-refractivity contribution in [2.45, 2.75) is 98.2 Å². The summed E-state index contributed by atoms with van der Waals surface area (Å²) in [4.78, 5) is 0. The maximum atomic E-state index is 3.86. The normalized spacial score (nSPS) is 19.4. The summed E-state index contributed by atoms with van der Waals surface area (Å²) in [7, 11) is -1.48. The van der Waals surface area contributed by atoms with Gasteiger partial charge in [-0.15, -0.1) is 0 Å². The van der Waals surface area contributed by atoms with Gasteiger partial charge in [-0.2, -0.15) is 15.3 Å². The molecule has 0 aliphatic carbocycles. The number of rotatable bonds is 12. The molecule has 0 aromatic heterocycles. The van der Waals surface area contributed by atoms with Crippen molar-refractivity contribution in [2.75, 3.05) is 6.66 Å². The molecular weight excluding hydrogens is 265 g/mol. The molecule has 0 saturated carbocycles. The van der Waals surface area contributed by atoms with Gasteiger partial charge in [0.05, 0.1) is 6.66 Å². The molecule has 0 aromatic carbocycles. The molecule has 3 N–H and O–H groups in total. The summed E-state index contributed by atoms with van der Waals surface area (Å²) in [5.74, 6) is 0. The molecule has 0 saturated heterocycles. The summed E-state index contributed by atoms with van der Waals surface area (Å²) in [6, 6.07) is 1.71. The quantitative estimate of drug-likeness (QED) is 0.457. The third kappa shape index (κ3) is 9.28. The third-order valence-corrected chi connectivity index (χ3v) is 6.47. The average molecular weight is 304 g/mol. The second-order valence-corrected chi connectivity index (χ2v) is 9.25. The van der Waals surface area contributed by atoms with Crippen molar-refractivity contribution >= 4 is 7.71 Å². The van der Waals surface area contributed by atoms with E-state index in [0.717, 1.165) is 0 Å². The first-order valence-corrected chi connectivity index (χ1v) is 10.8. The maximum Gasteiger partial charge on any atom is 0.217 e. The molecule has 0 radical (unpaired) electrons. The van der Waals surface area contributed by atoms with Crippen LogP contribution in [0.25, 0.3) is 0 Å². The zero-order valence-corrected chi connectivity index (χ0v) is 15.8. The molecule has 3 unspecified atom stereocenters. The molecular formula is C16H39N3P+. The highest BCUT2D eigenvalue weighted by Crippen LogP contribution is 2.44. The van der Waals surface area contributed by atoms with Crippen molar-refractivity contribution in [2.24, 2.45) is 0 Å². The SMILES string of the molecule is CCCC(C)N[P+](C)(NC(C)CCC)NC(C)CCC. The largest absolute Gasteiger partial charge is 0.217 e. The van der Waals surface area contributed by atoms with E-state index in [1.807, 2.05) is 0 Å². The molecule has 0 heterocycles. The van der Waals surface area contributed by atoms with Gasteiger partial charge in [0.2, 0.25) is 7.71 Å². The van der Waals surface area contributed by atoms with Crippen molar-refractivity contribution in [3.63, 3.8) is 0 Å². The van der Waals surface area contributed by atoms with Crippen LogP contribution in [-0.2, 0) is 0 Å².